The highest BCUT2D eigenvalue weighted by Gasteiger charge is 2.42. The van der Waals surface area contributed by atoms with Crippen molar-refractivity contribution in [2.45, 2.75) is 31.7 Å². The molecular formula is C17H24ClN3O2. The number of carbonyl (C=O) groups excluding carboxylic acids is 2. The number of rotatable bonds is 1. The average Bonchev–Trinajstić information content (AvgIpc) is 2.68. The van der Waals surface area contributed by atoms with Crippen molar-refractivity contribution in [3.05, 3.63) is 35.4 Å². The highest BCUT2D eigenvalue weighted by molar-refractivity contribution is 5.88. The Morgan fingerprint density at radius 3 is 2.09 bits per heavy atom. The van der Waals surface area contributed by atoms with Gasteiger partial charge in [0.15, 0.2) is 0 Å². The van der Waals surface area contributed by atoms with Crippen molar-refractivity contribution in [1.82, 2.24) is 9.80 Å². The molecule has 1 aliphatic carbocycles. The van der Waals surface area contributed by atoms with Gasteiger partial charge in [0.1, 0.15) is 5.54 Å². The highest BCUT2D eigenvalue weighted by Crippen LogP contribution is 2.30. The maximum absolute atomic E-state index is 12.9. The van der Waals surface area contributed by atoms with Crippen molar-refractivity contribution in [1.29, 1.82) is 0 Å². The van der Waals surface area contributed by atoms with Gasteiger partial charge in [-0.2, -0.15) is 0 Å². The van der Waals surface area contributed by atoms with Gasteiger partial charge in [-0.3, -0.25) is 9.59 Å². The summed E-state index contributed by atoms with van der Waals surface area (Å²) in [6.45, 7) is 4.15. The van der Waals surface area contributed by atoms with Gasteiger partial charge in [0.05, 0.1) is 0 Å². The van der Waals surface area contributed by atoms with Crippen LogP contribution < -0.4 is 5.73 Å². The molecule has 2 N–H and O–H groups in total. The normalized spacial score (nSPS) is 19.6. The van der Waals surface area contributed by atoms with Gasteiger partial charge in [-0.1, -0.05) is 24.3 Å². The van der Waals surface area contributed by atoms with E-state index in [2.05, 4.69) is 12.1 Å². The molecule has 1 heterocycles. The topological polar surface area (TPSA) is 66.6 Å². The van der Waals surface area contributed by atoms with Crippen molar-refractivity contribution in [3.8, 4) is 0 Å². The lowest BCUT2D eigenvalue weighted by Gasteiger charge is -2.30. The molecular weight excluding hydrogens is 314 g/mol. The number of nitrogens with two attached hydrogens (primary N) is 1. The predicted octanol–water partition coefficient (Wildman–Crippen LogP) is 0.985. The second-order valence-corrected chi connectivity index (χ2v) is 6.43. The quantitative estimate of drug-likeness (QED) is 0.831. The molecule has 1 aromatic carbocycles. The van der Waals surface area contributed by atoms with Crippen LogP contribution >= 0.6 is 12.4 Å². The van der Waals surface area contributed by atoms with Gasteiger partial charge in [0.2, 0.25) is 11.8 Å². The number of fused-ring (bicyclic) bond motifs is 1. The van der Waals surface area contributed by atoms with Crippen LogP contribution in [0.5, 0.6) is 0 Å². The molecule has 1 fully saturated rings. The second-order valence-electron chi connectivity index (χ2n) is 6.43. The molecule has 2 amide bonds. The molecule has 6 heteroatoms. The minimum atomic E-state index is -0.824. The maximum Gasteiger partial charge on any atom is 0.243 e. The molecule has 3 rings (SSSR count). The smallest absolute Gasteiger partial charge is 0.243 e. The molecule has 1 aliphatic heterocycles. The fourth-order valence-corrected chi connectivity index (χ4v) is 3.55. The third-order valence-corrected chi connectivity index (χ3v) is 4.78. The van der Waals surface area contributed by atoms with E-state index in [0.29, 0.717) is 32.5 Å². The summed E-state index contributed by atoms with van der Waals surface area (Å²) in [5, 5.41) is 0. The fraction of sp³-hybridized carbons (Fsp3) is 0.529. The second kappa shape index (κ2) is 6.89. The Balaban J connectivity index is 0.00000192. The van der Waals surface area contributed by atoms with Gasteiger partial charge in [-0.05, 0) is 30.4 Å². The van der Waals surface area contributed by atoms with Crippen LogP contribution in [0.1, 0.15) is 24.5 Å². The van der Waals surface area contributed by atoms with Crippen LogP contribution in [0.15, 0.2) is 24.3 Å². The lowest BCUT2D eigenvalue weighted by molar-refractivity contribution is -0.137. The van der Waals surface area contributed by atoms with E-state index in [-0.39, 0.29) is 24.2 Å². The Hall–Kier alpha value is -1.59. The molecule has 126 valence electrons. The van der Waals surface area contributed by atoms with Crippen LogP contribution in [0.2, 0.25) is 0 Å². The molecule has 23 heavy (non-hydrogen) atoms. The Morgan fingerprint density at radius 1 is 1.00 bits per heavy atom. The van der Waals surface area contributed by atoms with Gasteiger partial charge in [0.25, 0.3) is 0 Å². The molecule has 0 unspecified atom stereocenters. The largest absolute Gasteiger partial charge is 0.341 e. The summed E-state index contributed by atoms with van der Waals surface area (Å²) in [5.41, 5.74) is 7.99. The minimum absolute atomic E-state index is 0. The monoisotopic (exact) mass is 337 g/mol. The first-order chi connectivity index (χ1) is 10.5. The molecule has 0 spiro atoms. The molecule has 2 aliphatic rings. The average molecular weight is 338 g/mol. The van der Waals surface area contributed by atoms with Crippen molar-refractivity contribution in [3.63, 3.8) is 0 Å². The van der Waals surface area contributed by atoms with Crippen molar-refractivity contribution < 1.29 is 9.59 Å². The summed E-state index contributed by atoms with van der Waals surface area (Å²) >= 11 is 0. The summed E-state index contributed by atoms with van der Waals surface area (Å²) in [6.07, 6.45) is 2.03. The van der Waals surface area contributed by atoms with E-state index in [1.165, 1.54) is 11.1 Å². The molecule has 0 bridgehead atoms. The number of carbonyl (C=O) groups is 2. The van der Waals surface area contributed by atoms with Crippen LogP contribution in [0, 0.1) is 0 Å². The fourth-order valence-electron chi connectivity index (χ4n) is 3.55. The minimum Gasteiger partial charge on any atom is -0.341 e. The number of hydrogen-bond acceptors (Lipinski definition) is 3. The van der Waals surface area contributed by atoms with E-state index >= 15 is 0 Å². The standard InChI is InChI=1S/C17H23N3O2.ClH/c1-13(21)19-7-4-8-20(10-9-19)16(22)17(18)11-14-5-2-3-6-15(14)12-17;/h2-3,5-6H,4,7-12,18H2,1H3;1H. The van der Waals surface area contributed by atoms with E-state index in [1.807, 2.05) is 17.0 Å². The zero-order valence-corrected chi connectivity index (χ0v) is 14.3. The van der Waals surface area contributed by atoms with Crippen molar-refractivity contribution in [2.24, 2.45) is 5.73 Å². The Labute approximate surface area is 143 Å². The first-order valence-electron chi connectivity index (χ1n) is 7.90. The molecule has 1 aromatic rings. The lowest BCUT2D eigenvalue weighted by atomic mass is 9.95. The molecule has 1 saturated heterocycles. The first kappa shape index (κ1) is 17.8. The zero-order chi connectivity index (χ0) is 15.7. The van der Waals surface area contributed by atoms with Crippen LogP contribution in [0.25, 0.3) is 0 Å². The van der Waals surface area contributed by atoms with E-state index in [0.717, 1.165) is 13.0 Å². The summed E-state index contributed by atoms with van der Waals surface area (Å²) < 4.78 is 0. The van der Waals surface area contributed by atoms with E-state index in [4.69, 9.17) is 5.73 Å². The maximum atomic E-state index is 12.9. The number of benzene rings is 1. The molecule has 0 atom stereocenters. The van der Waals surface area contributed by atoms with Gasteiger partial charge in [-0.15, -0.1) is 12.4 Å². The summed E-state index contributed by atoms with van der Waals surface area (Å²) in [7, 11) is 0. The van der Waals surface area contributed by atoms with Crippen LogP contribution in [0.3, 0.4) is 0 Å². The van der Waals surface area contributed by atoms with E-state index in [1.54, 1.807) is 11.8 Å². The molecule has 0 saturated carbocycles. The van der Waals surface area contributed by atoms with E-state index in [9.17, 15) is 9.59 Å². The summed E-state index contributed by atoms with van der Waals surface area (Å²) in [4.78, 5) is 28.1. The summed E-state index contributed by atoms with van der Waals surface area (Å²) in [6, 6.07) is 8.09. The van der Waals surface area contributed by atoms with Gasteiger partial charge in [-0.25, -0.2) is 0 Å². The van der Waals surface area contributed by atoms with Crippen molar-refractivity contribution >= 4 is 24.2 Å². The van der Waals surface area contributed by atoms with E-state index < -0.39 is 5.54 Å². The van der Waals surface area contributed by atoms with Crippen molar-refractivity contribution in [2.75, 3.05) is 26.2 Å². The number of nitrogens with zero attached hydrogens (tertiary/aromatic N) is 2. The Morgan fingerprint density at radius 2 is 1.52 bits per heavy atom. The van der Waals surface area contributed by atoms with Gasteiger partial charge < -0.3 is 15.5 Å². The molecule has 0 radical (unpaired) electrons. The lowest BCUT2D eigenvalue weighted by Crippen LogP contribution is -2.56. The molecule has 5 nitrogen and oxygen atoms in total. The third kappa shape index (κ3) is 3.51. The van der Waals surface area contributed by atoms with Crippen LogP contribution in [-0.2, 0) is 22.4 Å². The zero-order valence-electron chi connectivity index (χ0n) is 13.5. The van der Waals surface area contributed by atoms with Gasteiger partial charge in [0, 0.05) is 33.1 Å². The SMILES string of the molecule is CC(=O)N1CCCN(C(=O)C2(N)Cc3ccccc3C2)CC1.Cl. The Kier molecular flexibility index (Phi) is 5.32. The molecule has 0 aromatic heterocycles. The van der Waals surface area contributed by atoms with Crippen LogP contribution in [-0.4, -0.2) is 53.3 Å². The predicted molar refractivity (Wildman–Crippen MR) is 91.5 cm³/mol. The summed E-state index contributed by atoms with van der Waals surface area (Å²) in [5.74, 6) is 0.0964. The van der Waals surface area contributed by atoms with Gasteiger partial charge >= 0.3 is 0 Å². The first-order valence-corrected chi connectivity index (χ1v) is 7.90. The third-order valence-electron chi connectivity index (χ3n) is 4.78. The Bertz CT molecular complexity index is 580. The van der Waals surface area contributed by atoms with Crippen LogP contribution in [0.4, 0.5) is 0 Å². The number of halogens is 1. The number of amides is 2. The number of hydrogen-bond donors (Lipinski definition) is 1. The highest BCUT2D eigenvalue weighted by atomic mass is 35.5.